The van der Waals surface area contributed by atoms with Crippen LogP contribution in [0.25, 0.3) is 78.3 Å². The van der Waals surface area contributed by atoms with Crippen LogP contribution < -0.4 is 0 Å². The monoisotopic (exact) mass is 587 g/mol. The molecule has 0 aliphatic carbocycles. The Kier molecular flexibility index (Phi) is 7.18. The Morgan fingerprint density at radius 3 is 0.870 bits per heavy atom. The maximum atomic E-state index is 4.87. The van der Waals surface area contributed by atoms with E-state index in [1.165, 1.54) is 33.0 Å². The topological polar surface area (TPSA) is 38.7 Å². The quantitative estimate of drug-likeness (QED) is 0.194. The summed E-state index contributed by atoms with van der Waals surface area (Å²) in [7, 11) is 0. The third-order valence-corrected chi connectivity index (χ3v) is 8.34. The molecule has 46 heavy (non-hydrogen) atoms. The van der Waals surface area contributed by atoms with E-state index in [1.807, 2.05) is 60.7 Å². The van der Waals surface area contributed by atoms with Crippen molar-refractivity contribution in [3.63, 3.8) is 0 Å². The first-order valence-electron chi connectivity index (χ1n) is 15.4. The molecule has 0 spiro atoms. The van der Waals surface area contributed by atoms with Crippen molar-refractivity contribution >= 4 is 10.8 Å². The summed E-state index contributed by atoms with van der Waals surface area (Å²) in [4.78, 5) is 14.5. The molecule has 7 aromatic carbocycles. The summed E-state index contributed by atoms with van der Waals surface area (Å²) < 4.78 is 0. The van der Waals surface area contributed by atoms with Gasteiger partial charge < -0.3 is 0 Å². The Morgan fingerprint density at radius 2 is 0.478 bits per heavy atom. The maximum absolute atomic E-state index is 4.87. The molecule has 0 unspecified atom stereocenters. The Balaban J connectivity index is 1.06. The molecule has 0 saturated carbocycles. The van der Waals surface area contributed by atoms with Gasteiger partial charge in [-0.05, 0) is 56.3 Å². The lowest BCUT2D eigenvalue weighted by Crippen LogP contribution is -2.00. The molecule has 8 rings (SSSR count). The van der Waals surface area contributed by atoms with Crippen molar-refractivity contribution in [3.8, 4) is 67.5 Å². The van der Waals surface area contributed by atoms with Gasteiger partial charge in [0.05, 0.1) is 0 Å². The van der Waals surface area contributed by atoms with Crippen molar-refractivity contribution in [2.24, 2.45) is 0 Å². The van der Waals surface area contributed by atoms with Crippen LogP contribution in [-0.4, -0.2) is 15.0 Å². The van der Waals surface area contributed by atoms with E-state index in [1.54, 1.807) is 0 Å². The van der Waals surface area contributed by atoms with Gasteiger partial charge in [0.25, 0.3) is 0 Å². The summed E-state index contributed by atoms with van der Waals surface area (Å²) in [5.41, 5.74) is 10.0. The molecule has 0 radical (unpaired) electrons. The third kappa shape index (κ3) is 5.58. The van der Waals surface area contributed by atoms with Crippen LogP contribution in [0.5, 0.6) is 0 Å². The zero-order valence-electron chi connectivity index (χ0n) is 25.1. The van der Waals surface area contributed by atoms with Crippen molar-refractivity contribution in [3.05, 3.63) is 176 Å². The number of rotatable bonds is 6. The Labute approximate surface area is 268 Å². The zero-order valence-corrected chi connectivity index (χ0v) is 25.1. The van der Waals surface area contributed by atoms with Gasteiger partial charge in [-0.15, -0.1) is 0 Å². The van der Waals surface area contributed by atoms with E-state index in [-0.39, 0.29) is 0 Å². The first kappa shape index (κ1) is 27.4. The smallest absolute Gasteiger partial charge is 0.164 e. The second-order valence-electron chi connectivity index (χ2n) is 11.3. The van der Waals surface area contributed by atoms with Gasteiger partial charge in [-0.25, -0.2) is 15.0 Å². The van der Waals surface area contributed by atoms with Crippen molar-refractivity contribution in [1.82, 2.24) is 15.0 Å². The summed E-state index contributed by atoms with van der Waals surface area (Å²) >= 11 is 0. The van der Waals surface area contributed by atoms with Gasteiger partial charge in [0.1, 0.15) is 0 Å². The maximum Gasteiger partial charge on any atom is 0.164 e. The van der Waals surface area contributed by atoms with E-state index < -0.39 is 0 Å². The van der Waals surface area contributed by atoms with Crippen molar-refractivity contribution in [1.29, 1.82) is 0 Å². The van der Waals surface area contributed by atoms with Gasteiger partial charge in [0.2, 0.25) is 0 Å². The summed E-state index contributed by atoms with van der Waals surface area (Å²) in [5, 5.41) is 2.48. The third-order valence-electron chi connectivity index (χ3n) is 8.34. The highest BCUT2D eigenvalue weighted by Gasteiger charge is 2.12. The molecule has 0 bridgehead atoms. The normalized spacial score (nSPS) is 11.0. The van der Waals surface area contributed by atoms with Gasteiger partial charge in [-0.1, -0.05) is 164 Å². The number of aromatic nitrogens is 3. The molecular weight excluding hydrogens is 558 g/mol. The lowest BCUT2D eigenvalue weighted by Gasteiger charge is -2.10. The standard InChI is InChI=1S/C43H29N3/c1-4-10-30(11-5-1)37-24-26-40-29-38(25-27-39(40)28-37)33-18-16-31(17-19-33)32-20-22-36(23-21-32)43-45-41(34-12-6-2-7-13-34)44-42(46-43)35-14-8-3-9-15-35/h1-29H. The number of hydrogen-bond donors (Lipinski definition) is 0. The summed E-state index contributed by atoms with van der Waals surface area (Å²) in [6.45, 7) is 0. The molecule has 0 atom stereocenters. The molecule has 3 nitrogen and oxygen atoms in total. The van der Waals surface area contributed by atoms with Crippen LogP contribution in [-0.2, 0) is 0 Å². The van der Waals surface area contributed by atoms with Crippen molar-refractivity contribution < 1.29 is 0 Å². The van der Waals surface area contributed by atoms with Gasteiger partial charge in [0.15, 0.2) is 17.5 Å². The molecule has 1 heterocycles. The summed E-state index contributed by atoms with van der Waals surface area (Å²) in [5.74, 6) is 1.98. The predicted octanol–water partition coefficient (Wildman–Crippen LogP) is 11.0. The van der Waals surface area contributed by atoms with E-state index in [0.29, 0.717) is 17.5 Å². The minimum atomic E-state index is 0.654. The van der Waals surface area contributed by atoms with E-state index >= 15 is 0 Å². The lowest BCUT2D eigenvalue weighted by atomic mass is 9.96. The van der Waals surface area contributed by atoms with Crippen LogP contribution in [0.4, 0.5) is 0 Å². The van der Waals surface area contributed by atoms with Crippen LogP contribution >= 0.6 is 0 Å². The highest BCUT2D eigenvalue weighted by atomic mass is 15.0. The van der Waals surface area contributed by atoms with E-state index in [0.717, 1.165) is 27.8 Å². The molecule has 0 saturated heterocycles. The molecule has 1 aromatic heterocycles. The fourth-order valence-electron chi connectivity index (χ4n) is 5.84. The SMILES string of the molecule is c1ccc(-c2ccc3cc(-c4ccc(-c5ccc(-c6nc(-c7ccccc7)nc(-c7ccccc7)n6)cc5)cc4)ccc3c2)cc1. The number of hydrogen-bond acceptors (Lipinski definition) is 3. The van der Waals surface area contributed by atoms with Crippen molar-refractivity contribution in [2.75, 3.05) is 0 Å². The van der Waals surface area contributed by atoms with Crippen LogP contribution in [0, 0.1) is 0 Å². The van der Waals surface area contributed by atoms with Crippen LogP contribution in [0.3, 0.4) is 0 Å². The number of benzene rings is 7. The highest BCUT2D eigenvalue weighted by Crippen LogP contribution is 2.31. The second kappa shape index (κ2) is 12.1. The molecule has 3 heteroatoms. The fraction of sp³-hybridized carbons (Fsp3) is 0. The minimum Gasteiger partial charge on any atom is -0.208 e. The lowest BCUT2D eigenvalue weighted by molar-refractivity contribution is 1.07. The molecule has 8 aromatic rings. The highest BCUT2D eigenvalue weighted by molar-refractivity contribution is 5.91. The molecule has 0 fully saturated rings. The summed E-state index contributed by atoms with van der Waals surface area (Å²) in [6.07, 6.45) is 0. The molecule has 0 amide bonds. The number of fused-ring (bicyclic) bond motifs is 1. The minimum absolute atomic E-state index is 0.654. The van der Waals surface area contributed by atoms with Gasteiger partial charge in [-0.3, -0.25) is 0 Å². The zero-order chi connectivity index (χ0) is 30.7. The molecule has 0 aliphatic rings. The van der Waals surface area contributed by atoms with Gasteiger partial charge >= 0.3 is 0 Å². The van der Waals surface area contributed by atoms with Crippen molar-refractivity contribution in [2.45, 2.75) is 0 Å². The van der Waals surface area contributed by atoms with Gasteiger partial charge in [0, 0.05) is 16.7 Å². The average molecular weight is 588 g/mol. The van der Waals surface area contributed by atoms with E-state index in [9.17, 15) is 0 Å². The first-order chi connectivity index (χ1) is 22.8. The summed E-state index contributed by atoms with van der Waals surface area (Å²) in [6, 6.07) is 61.3. The Hall–Kier alpha value is -6.19. The molecule has 216 valence electrons. The van der Waals surface area contributed by atoms with Crippen LogP contribution in [0.15, 0.2) is 176 Å². The average Bonchev–Trinajstić information content (AvgIpc) is 3.15. The van der Waals surface area contributed by atoms with E-state index in [4.69, 9.17) is 15.0 Å². The van der Waals surface area contributed by atoms with Gasteiger partial charge in [-0.2, -0.15) is 0 Å². The fourth-order valence-corrected chi connectivity index (χ4v) is 5.84. The predicted molar refractivity (Wildman–Crippen MR) is 190 cm³/mol. The Bertz CT molecular complexity index is 2200. The van der Waals surface area contributed by atoms with Crippen LogP contribution in [0.1, 0.15) is 0 Å². The largest absolute Gasteiger partial charge is 0.208 e. The first-order valence-corrected chi connectivity index (χ1v) is 15.4. The van der Waals surface area contributed by atoms with E-state index in [2.05, 4.69) is 115 Å². The second-order valence-corrected chi connectivity index (χ2v) is 11.3. The molecular formula is C43H29N3. The number of nitrogens with zero attached hydrogens (tertiary/aromatic N) is 3. The van der Waals surface area contributed by atoms with Crippen LogP contribution in [0.2, 0.25) is 0 Å². The molecule has 0 N–H and O–H groups in total. The Morgan fingerprint density at radius 1 is 0.217 bits per heavy atom. The molecule has 0 aliphatic heterocycles.